The van der Waals surface area contributed by atoms with Crippen molar-refractivity contribution in [3.63, 3.8) is 0 Å². The number of carbonyl (C=O) groups is 3. The van der Waals surface area contributed by atoms with E-state index in [-0.39, 0.29) is 41.4 Å². The molecule has 8 nitrogen and oxygen atoms in total. The summed E-state index contributed by atoms with van der Waals surface area (Å²) in [6.07, 6.45) is 0.994. The van der Waals surface area contributed by atoms with Crippen molar-refractivity contribution in [3.8, 4) is 5.75 Å². The summed E-state index contributed by atoms with van der Waals surface area (Å²) in [5, 5.41) is 0. The number of ketones is 3. The highest BCUT2D eigenvalue weighted by atomic mass is 32.2. The molecule has 1 saturated carbocycles. The van der Waals surface area contributed by atoms with Crippen LogP contribution in [0.15, 0.2) is 17.0 Å². The molecule has 1 aromatic carbocycles. The van der Waals surface area contributed by atoms with Crippen molar-refractivity contribution in [1.82, 2.24) is 0 Å². The summed E-state index contributed by atoms with van der Waals surface area (Å²) in [5.74, 6) is -3.82. The first-order chi connectivity index (χ1) is 13.9. The fourth-order valence-electron chi connectivity index (χ4n) is 4.00. The lowest BCUT2D eigenvalue weighted by atomic mass is 9.68. The number of methoxy groups -OCH3 is 2. The molecule has 0 radical (unpaired) electrons. The largest absolute Gasteiger partial charge is 0.495 e. The average Bonchev–Trinajstić information content (AvgIpc) is 2.65. The molecule has 0 aliphatic heterocycles. The summed E-state index contributed by atoms with van der Waals surface area (Å²) >= 11 is 0. The average molecular weight is 441 g/mol. The van der Waals surface area contributed by atoms with Crippen molar-refractivity contribution in [1.29, 1.82) is 0 Å². The molecule has 1 aromatic rings. The van der Waals surface area contributed by atoms with Crippen molar-refractivity contribution in [2.45, 2.75) is 37.7 Å². The lowest BCUT2D eigenvalue weighted by Gasteiger charge is -2.41. The molecule has 0 saturated heterocycles. The smallest absolute Gasteiger partial charge is 0.182 e. The van der Waals surface area contributed by atoms with Crippen LogP contribution in [0.25, 0.3) is 0 Å². The van der Waals surface area contributed by atoms with Gasteiger partial charge < -0.3 is 14.2 Å². The van der Waals surface area contributed by atoms with E-state index < -0.39 is 44.6 Å². The summed E-state index contributed by atoms with van der Waals surface area (Å²) in [4.78, 5) is 39.3. The van der Waals surface area contributed by atoms with Crippen LogP contribution in [0.2, 0.25) is 0 Å². The molecule has 1 fully saturated rings. The molecule has 3 atom stereocenters. The summed E-state index contributed by atoms with van der Waals surface area (Å²) in [5.41, 5.74) is -1.03. The van der Waals surface area contributed by atoms with Crippen molar-refractivity contribution in [2.24, 2.45) is 11.8 Å². The summed E-state index contributed by atoms with van der Waals surface area (Å²) in [6.45, 7) is 5.20. The number of rotatable bonds is 8. The van der Waals surface area contributed by atoms with Gasteiger partial charge in [-0.1, -0.05) is 0 Å². The second-order valence-corrected chi connectivity index (χ2v) is 9.55. The van der Waals surface area contributed by atoms with Gasteiger partial charge >= 0.3 is 0 Å². The van der Waals surface area contributed by atoms with Gasteiger partial charge in [-0.25, -0.2) is 8.42 Å². The number of Topliss-reactive ketones (excluding diaryl/α,β-unsaturated/α-hetero) is 3. The molecule has 0 aromatic heterocycles. The number of ether oxygens (including phenoxy) is 3. The van der Waals surface area contributed by atoms with Gasteiger partial charge in [-0.05, 0) is 32.9 Å². The van der Waals surface area contributed by atoms with E-state index in [9.17, 15) is 22.8 Å². The molecule has 0 spiro atoms. The van der Waals surface area contributed by atoms with Gasteiger partial charge in [-0.3, -0.25) is 14.4 Å². The van der Waals surface area contributed by atoms with Crippen molar-refractivity contribution >= 4 is 27.2 Å². The molecule has 0 N–H and O–H groups in total. The molecular formula is C21H28O8S. The van der Waals surface area contributed by atoms with Crippen molar-refractivity contribution in [3.05, 3.63) is 23.3 Å². The lowest BCUT2D eigenvalue weighted by Crippen LogP contribution is -2.58. The Morgan fingerprint density at radius 1 is 1.23 bits per heavy atom. The fourth-order valence-corrected chi connectivity index (χ4v) is 4.89. The third-order valence-electron chi connectivity index (χ3n) is 5.61. The van der Waals surface area contributed by atoms with Gasteiger partial charge in [-0.15, -0.1) is 0 Å². The fraction of sp³-hybridized carbons (Fsp3) is 0.571. The van der Waals surface area contributed by atoms with Crippen LogP contribution < -0.4 is 4.74 Å². The van der Waals surface area contributed by atoms with Crippen LogP contribution in [-0.4, -0.2) is 65.1 Å². The maximum absolute atomic E-state index is 13.3. The van der Waals surface area contributed by atoms with Crippen LogP contribution in [0.5, 0.6) is 5.75 Å². The first kappa shape index (κ1) is 24.2. The van der Waals surface area contributed by atoms with Gasteiger partial charge in [0.25, 0.3) is 0 Å². The molecule has 0 amide bonds. The van der Waals surface area contributed by atoms with E-state index in [1.807, 2.05) is 0 Å². The van der Waals surface area contributed by atoms with Crippen molar-refractivity contribution in [2.75, 3.05) is 33.7 Å². The Morgan fingerprint density at radius 2 is 1.87 bits per heavy atom. The Labute approximate surface area is 176 Å². The SMILES string of the molecule is CCOC1(C)C(=O)C(C(=O)c2ccc(S(C)(=O)=O)c(OC)c2C)C(=O)CC1COC. The zero-order chi connectivity index (χ0) is 22.9. The molecule has 9 heteroatoms. The molecule has 1 aliphatic rings. The topological polar surface area (TPSA) is 113 Å². The maximum Gasteiger partial charge on any atom is 0.182 e. The molecule has 1 aliphatic carbocycles. The molecule has 30 heavy (non-hydrogen) atoms. The zero-order valence-corrected chi connectivity index (χ0v) is 18.9. The van der Waals surface area contributed by atoms with Crippen LogP contribution in [0.4, 0.5) is 0 Å². The summed E-state index contributed by atoms with van der Waals surface area (Å²) in [7, 11) is -0.835. The second-order valence-electron chi connectivity index (χ2n) is 7.57. The number of hydrogen-bond donors (Lipinski definition) is 0. The van der Waals surface area contributed by atoms with E-state index >= 15 is 0 Å². The minimum Gasteiger partial charge on any atom is -0.495 e. The number of sulfone groups is 1. The molecular weight excluding hydrogens is 412 g/mol. The minimum atomic E-state index is -3.60. The van der Waals surface area contributed by atoms with Crippen LogP contribution in [0.1, 0.15) is 36.2 Å². The van der Waals surface area contributed by atoms with Crippen molar-refractivity contribution < 1.29 is 37.0 Å². The Bertz CT molecular complexity index is 965. The van der Waals surface area contributed by atoms with E-state index in [1.165, 1.54) is 33.3 Å². The predicted molar refractivity (Wildman–Crippen MR) is 109 cm³/mol. The normalized spacial score (nSPS) is 24.7. The van der Waals surface area contributed by atoms with Gasteiger partial charge in [0.1, 0.15) is 22.2 Å². The maximum atomic E-state index is 13.3. The van der Waals surface area contributed by atoms with Gasteiger partial charge in [-0.2, -0.15) is 0 Å². The van der Waals surface area contributed by atoms with E-state index in [0.717, 1.165) is 6.26 Å². The second kappa shape index (κ2) is 8.95. The summed E-state index contributed by atoms with van der Waals surface area (Å²) in [6, 6.07) is 2.57. The van der Waals surface area contributed by atoms with Gasteiger partial charge in [0.15, 0.2) is 27.2 Å². The number of benzene rings is 1. The molecule has 0 heterocycles. The predicted octanol–water partition coefficient (Wildman–Crippen LogP) is 1.81. The third-order valence-corrected chi connectivity index (χ3v) is 6.73. The highest BCUT2D eigenvalue weighted by Gasteiger charge is 2.55. The van der Waals surface area contributed by atoms with Crippen LogP contribution in [-0.2, 0) is 28.9 Å². The lowest BCUT2D eigenvalue weighted by molar-refractivity contribution is -0.166. The van der Waals surface area contributed by atoms with Crippen LogP contribution in [0, 0.1) is 18.8 Å². The first-order valence-corrected chi connectivity index (χ1v) is 11.4. The van der Waals surface area contributed by atoms with E-state index in [1.54, 1.807) is 13.8 Å². The van der Waals surface area contributed by atoms with Crippen LogP contribution in [0.3, 0.4) is 0 Å². The zero-order valence-electron chi connectivity index (χ0n) is 18.1. The van der Waals surface area contributed by atoms with E-state index in [0.29, 0.717) is 0 Å². The molecule has 0 bridgehead atoms. The van der Waals surface area contributed by atoms with E-state index in [4.69, 9.17) is 14.2 Å². The molecule has 166 valence electrons. The molecule has 3 unspecified atom stereocenters. The Kier molecular flexibility index (Phi) is 7.21. The van der Waals surface area contributed by atoms with Gasteiger partial charge in [0, 0.05) is 43.4 Å². The van der Waals surface area contributed by atoms with E-state index in [2.05, 4.69) is 0 Å². The standard InChI is InChI=1S/C21H28O8S/c1-7-29-21(3)13(11-27-4)10-15(22)17(20(21)24)18(23)14-8-9-16(30(6,25)26)19(28-5)12(14)2/h8-9,13,17H,7,10-11H2,1-6H3. The highest BCUT2D eigenvalue weighted by molar-refractivity contribution is 7.90. The number of hydrogen-bond acceptors (Lipinski definition) is 8. The quantitative estimate of drug-likeness (QED) is 0.444. The number of carbonyl (C=O) groups excluding carboxylic acids is 3. The van der Waals surface area contributed by atoms with Crippen LogP contribution >= 0.6 is 0 Å². The molecule has 2 rings (SSSR count). The highest BCUT2D eigenvalue weighted by Crippen LogP contribution is 2.38. The Morgan fingerprint density at radius 3 is 2.37 bits per heavy atom. The minimum absolute atomic E-state index is 0.0175. The Balaban J connectivity index is 2.55. The Hall–Kier alpha value is -2.10. The monoisotopic (exact) mass is 440 g/mol. The summed E-state index contributed by atoms with van der Waals surface area (Å²) < 4.78 is 40.1. The van der Waals surface area contributed by atoms with Gasteiger partial charge in [0.05, 0.1) is 13.7 Å². The third kappa shape index (κ3) is 4.19. The first-order valence-electron chi connectivity index (χ1n) is 9.55. The van der Waals surface area contributed by atoms with Gasteiger partial charge in [0.2, 0.25) is 0 Å².